The Morgan fingerprint density at radius 2 is 0.764 bits per heavy atom. The Kier molecular flexibility index (Phi) is 18.0. The molecule has 1 fully saturated rings. The SMILES string of the molecule is CC(C)(C)OC(=O)CN1CCN(CC(=O)OC(C)(C)C)CCN(CP(=O)(OCc2ccccc2)OCc2ccccc2)CCN(CC(=O)OC(C)(C)C)CC1. The van der Waals surface area contributed by atoms with Crippen molar-refractivity contribution in [3.05, 3.63) is 71.8 Å². The topological polar surface area (TPSA) is 127 Å². The van der Waals surface area contributed by atoms with Crippen molar-refractivity contribution in [1.29, 1.82) is 0 Å². The van der Waals surface area contributed by atoms with Gasteiger partial charge in [-0.3, -0.25) is 38.5 Å². The van der Waals surface area contributed by atoms with Gasteiger partial charge in [0, 0.05) is 52.4 Å². The van der Waals surface area contributed by atoms with E-state index < -0.39 is 24.4 Å². The van der Waals surface area contributed by atoms with E-state index in [9.17, 15) is 18.9 Å². The highest BCUT2D eigenvalue weighted by Crippen LogP contribution is 2.50. The van der Waals surface area contributed by atoms with Crippen molar-refractivity contribution in [3.63, 3.8) is 0 Å². The summed E-state index contributed by atoms with van der Waals surface area (Å²) in [5, 5.41) is 0. The van der Waals surface area contributed by atoms with Crippen molar-refractivity contribution >= 4 is 25.5 Å². The number of rotatable bonds is 14. The summed E-state index contributed by atoms with van der Waals surface area (Å²) >= 11 is 0. The molecule has 14 heteroatoms. The molecule has 0 aromatic heterocycles. The Bertz CT molecular complexity index is 1430. The summed E-state index contributed by atoms with van der Waals surface area (Å²) in [7, 11) is -3.74. The molecular weight excluding hydrogens is 723 g/mol. The minimum atomic E-state index is -3.74. The number of ether oxygens (including phenoxy) is 3. The standard InChI is InChI=1S/C41H65N4O9P/c1-39(2,3)52-36(46)28-42-20-22-43(29-37(47)53-40(4,5)6)24-26-45(27-25-44(23-21-42)30-38(48)54-41(7,8)9)33-55(49,50-31-34-16-12-10-13-17-34)51-32-35-18-14-11-15-19-35/h10-19H,20-33H2,1-9H3. The van der Waals surface area contributed by atoms with Gasteiger partial charge in [-0.15, -0.1) is 0 Å². The molecule has 0 saturated carbocycles. The first-order chi connectivity index (χ1) is 25.7. The van der Waals surface area contributed by atoms with Crippen LogP contribution >= 0.6 is 7.60 Å². The summed E-state index contributed by atoms with van der Waals surface area (Å²) in [5.41, 5.74) is -0.234. The van der Waals surface area contributed by atoms with E-state index in [0.717, 1.165) is 11.1 Å². The van der Waals surface area contributed by atoms with E-state index in [1.54, 1.807) is 0 Å². The second kappa shape index (κ2) is 21.4. The third-order valence-corrected chi connectivity index (χ3v) is 9.95. The lowest BCUT2D eigenvalue weighted by molar-refractivity contribution is -0.158. The highest BCUT2D eigenvalue weighted by atomic mass is 31.2. The van der Waals surface area contributed by atoms with Gasteiger partial charge in [0.05, 0.1) is 32.8 Å². The number of carbonyl (C=O) groups is 3. The smallest absolute Gasteiger partial charge is 0.345 e. The summed E-state index contributed by atoms with van der Waals surface area (Å²) in [6.45, 7) is 20.2. The van der Waals surface area contributed by atoms with Gasteiger partial charge in [-0.05, 0) is 73.4 Å². The Morgan fingerprint density at radius 1 is 0.491 bits per heavy atom. The molecule has 0 radical (unpaired) electrons. The zero-order valence-corrected chi connectivity index (χ0v) is 35.5. The van der Waals surface area contributed by atoms with Crippen LogP contribution in [0.3, 0.4) is 0 Å². The zero-order chi connectivity index (χ0) is 40.7. The molecule has 2 aromatic rings. The summed E-state index contributed by atoms with van der Waals surface area (Å²) in [6, 6.07) is 19.1. The molecule has 1 aliphatic heterocycles. The monoisotopic (exact) mass is 788 g/mol. The number of hydrogen-bond acceptors (Lipinski definition) is 13. The fraction of sp³-hybridized carbons (Fsp3) is 0.634. The Labute approximate surface area is 329 Å². The Hall–Kier alpha value is -3.16. The summed E-state index contributed by atoms with van der Waals surface area (Å²) in [5.74, 6) is -1.09. The fourth-order valence-electron chi connectivity index (χ4n) is 5.72. The summed E-state index contributed by atoms with van der Waals surface area (Å²) in [4.78, 5) is 47.2. The quantitative estimate of drug-likeness (QED) is 0.130. The van der Waals surface area contributed by atoms with Crippen LogP contribution in [-0.4, -0.2) is 133 Å². The predicted octanol–water partition coefficient (Wildman–Crippen LogP) is 5.82. The van der Waals surface area contributed by atoms with E-state index in [2.05, 4.69) is 0 Å². The molecule has 0 N–H and O–H groups in total. The van der Waals surface area contributed by atoms with Gasteiger partial charge < -0.3 is 23.3 Å². The normalized spacial score (nSPS) is 16.8. The second-order valence-electron chi connectivity index (χ2n) is 17.0. The van der Waals surface area contributed by atoms with Crippen molar-refractivity contribution in [2.75, 3.05) is 78.3 Å². The van der Waals surface area contributed by atoms with Crippen molar-refractivity contribution < 1.29 is 42.2 Å². The van der Waals surface area contributed by atoms with E-state index in [0.29, 0.717) is 52.4 Å². The summed E-state index contributed by atoms with van der Waals surface area (Å²) < 4.78 is 44.0. The molecular formula is C41H65N4O9P. The molecule has 1 aliphatic rings. The van der Waals surface area contributed by atoms with Crippen molar-refractivity contribution in [2.24, 2.45) is 0 Å². The molecule has 2 aromatic carbocycles. The van der Waals surface area contributed by atoms with Crippen LogP contribution < -0.4 is 0 Å². The third-order valence-electron chi connectivity index (χ3n) is 8.16. The molecule has 308 valence electrons. The first kappa shape index (κ1) is 46.2. The molecule has 1 heterocycles. The zero-order valence-electron chi connectivity index (χ0n) is 34.6. The fourth-order valence-corrected chi connectivity index (χ4v) is 7.42. The second-order valence-corrected chi connectivity index (χ2v) is 19.0. The van der Waals surface area contributed by atoms with Gasteiger partial charge in [0.1, 0.15) is 23.1 Å². The molecule has 55 heavy (non-hydrogen) atoms. The van der Waals surface area contributed by atoms with E-state index in [4.69, 9.17) is 23.3 Å². The van der Waals surface area contributed by atoms with E-state index in [1.165, 1.54) is 0 Å². The molecule has 0 spiro atoms. The first-order valence-corrected chi connectivity index (χ1v) is 20.9. The minimum absolute atomic E-state index is 0.0159. The van der Waals surface area contributed by atoms with Gasteiger partial charge >= 0.3 is 25.5 Å². The van der Waals surface area contributed by atoms with E-state index >= 15 is 0 Å². The van der Waals surface area contributed by atoms with Crippen LogP contribution in [0.1, 0.15) is 73.4 Å². The van der Waals surface area contributed by atoms with Crippen LogP contribution in [0.5, 0.6) is 0 Å². The number of carbonyl (C=O) groups excluding carboxylic acids is 3. The molecule has 13 nitrogen and oxygen atoms in total. The maximum atomic E-state index is 14.7. The number of esters is 3. The van der Waals surface area contributed by atoms with E-state index in [-0.39, 0.29) is 57.0 Å². The van der Waals surface area contributed by atoms with Gasteiger partial charge in [-0.25, -0.2) is 0 Å². The molecule has 0 atom stereocenters. The van der Waals surface area contributed by atoms with Crippen LogP contribution in [0.2, 0.25) is 0 Å². The van der Waals surface area contributed by atoms with Gasteiger partial charge in [0.25, 0.3) is 0 Å². The molecule has 1 saturated heterocycles. The van der Waals surface area contributed by atoms with Crippen molar-refractivity contribution in [3.8, 4) is 0 Å². The maximum Gasteiger partial charge on any atom is 0.345 e. The molecule has 0 aliphatic carbocycles. The Morgan fingerprint density at radius 3 is 1.04 bits per heavy atom. The molecule has 3 rings (SSSR count). The predicted molar refractivity (Wildman–Crippen MR) is 213 cm³/mol. The van der Waals surface area contributed by atoms with Gasteiger partial charge in [-0.2, -0.15) is 0 Å². The van der Waals surface area contributed by atoms with Crippen LogP contribution in [0.25, 0.3) is 0 Å². The largest absolute Gasteiger partial charge is 0.459 e. The van der Waals surface area contributed by atoms with E-state index in [1.807, 2.05) is 143 Å². The molecule has 0 bridgehead atoms. The van der Waals surface area contributed by atoms with Gasteiger partial charge in [-0.1, -0.05) is 60.7 Å². The number of nitrogens with zero attached hydrogens (tertiary/aromatic N) is 4. The lowest BCUT2D eigenvalue weighted by Crippen LogP contribution is -2.49. The average molecular weight is 789 g/mol. The first-order valence-electron chi connectivity index (χ1n) is 19.2. The third kappa shape index (κ3) is 20.5. The van der Waals surface area contributed by atoms with Crippen LogP contribution in [-0.2, 0) is 55.4 Å². The number of hydrogen-bond donors (Lipinski definition) is 0. The van der Waals surface area contributed by atoms with Crippen LogP contribution in [0.4, 0.5) is 0 Å². The maximum absolute atomic E-state index is 14.7. The van der Waals surface area contributed by atoms with Crippen molar-refractivity contribution in [1.82, 2.24) is 19.6 Å². The molecule has 0 amide bonds. The van der Waals surface area contributed by atoms with Gasteiger partial charge in [0.2, 0.25) is 0 Å². The van der Waals surface area contributed by atoms with Crippen molar-refractivity contribution in [2.45, 2.75) is 92.3 Å². The Balaban J connectivity index is 1.91. The van der Waals surface area contributed by atoms with Crippen LogP contribution in [0, 0.1) is 0 Å². The minimum Gasteiger partial charge on any atom is -0.459 e. The lowest BCUT2D eigenvalue weighted by Gasteiger charge is -2.35. The number of benzene rings is 2. The highest BCUT2D eigenvalue weighted by molar-refractivity contribution is 7.53. The molecule has 0 unspecified atom stereocenters. The summed E-state index contributed by atoms with van der Waals surface area (Å²) in [6.07, 6.45) is -0.0159. The highest BCUT2D eigenvalue weighted by Gasteiger charge is 2.31. The van der Waals surface area contributed by atoms with Crippen LogP contribution in [0.15, 0.2) is 60.7 Å². The average Bonchev–Trinajstić information content (AvgIpc) is 3.06. The van der Waals surface area contributed by atoms with Gasteiger partial charge in [0.15, 0.2) is 0 Å². The lowest BCUT2D eigenvalue weighted by atomic mass is 10.2.